The lowest BCUT2D eigenvalue weighted by Gasteiger charge is -2.14. The summed E-state index contributed by atoms with van der Waals surface area (Å²) in [7, 11) is 0. The number of thiazole rings is 1. The summed E-state index contributed by atoms with van der Waals surface area (Å²) in [6, 6.07) is 15.4. The Bertz CT molecular complexity index is 1220. The van der Waals surface area contributed by atoms with Crippen molar-refractivity contribution in [3.8, 4) is 10.6 Å². The summed E-state index contributed by atoms with van der Waals surface area (Å²) in [5, 5.41) is 3.94. The standard InChI is InChI=1S/C22H22N6OS2/c1-3-16(31-22-27-18(23)11-19(24)28-22)20(29)25-14-7-5-13(6-8-14)21-26-15-9-4-12(2)10-17(15)30-21/h4-11,16H,3H2,1-2H3,(H,25,29)(H4,23,24,27,28)/t16-/m1/s1. The number of carbonyl (C=O) groups excluding carboxylic acids is 1. The van der Waals surface area contributed by atoms with Crippen molar-refractivity contribution in [2.45, 2.75) is 30.7 Å². The number of aryl methyl sites for hydroxylation is 1. The van der Waals surface area contributed by atoms with Crippen molar-refractivity contribution in [3.63, 3.8) is 0 Å². The molecule has 1 atom stereocenters. The third kappa shape index (κ3) is 4.95. The van der Waals surface area contributed by atoms with Gasteiger partial charge in [-0.15, -0.1) is 11.3 Å². The molecule has 5 N–H and O–H groups in total. The van der Waals surface area contributed by atoms with Gasteiger partial charge in [-0.2, -0.15) is 0 Å². The highest BCUT2D eigenvalue weighted by Crippen LogP contribution is 2.31. The molecule has 0 aliphatic heterocycles. The van der Waals surface area contributed by atoms with Gasteiger partial charge >= 0.3 is 0 Å². The third-order valence-corrected chi connectivity index (χ3v) is 6.89. The number of aromatic nitrogens is 3. The van der Waals surface area contributed by atoms with Gasteiger partial charge in [0.05, 0.1) is 15.5 Å². The van der Waals surface area contributed by atoms with Crippen LogP contribution in [0.4, 0.5) is 17.3 Å². The first-order chi connectivity index (χ1) is 14.9. The molecule has 158 valence electrons. The molecule has 0 fully saturated rings. The molecule has 0 saturated heterocycles. The largest absolute Gasteiger partial charge is 0.383 e. The molecule has 0 unspecified atom stereocenters. The molecule has 0 aliphatic rings. The minimum absolute atomic E-state index is 0.125. The van der Waals surface area contributed by atoms with E-state index < -0.39 is 0 Å². The van der Waals surface area contributed by atoms with Gasteiger partial charge in [0.2, 0.25) is 5.91 Å². The number of hydrogen-bond acceptors (Lipinski definition) is 8. The van der Waals surface area contributed by atoms with E-state index in [0.29, 0.717) is 11.6 Å². The van der Waals surface area contributed by atoms with Gasteiger partial charge in [0.15, 0.2) is 5.16 Å². The van der Waals surface area contributed by atoms with Crippen molar-refractivity contribution in [2.24, 2.45) is 0 Å². The smallest absolute Gasteiger partial charge is 0.237 e. The number of thioether (sulfide) groups is 1. The van der Waals surface area contributed by atoms with E-state index in [1.165, 1.54) is 28.1 Å². The number of rotatable bonds is 6. The van der Waals surface area contributed by atoms with Crippen LogP contribution in [0.5, 0.6) is 0 Å². The Balaban J connectivity index is 1.46. The number of anilines is 3. The van der Waals surface area contributed by atoms with Crippen LogP contribution in [-0.2, 0) is 4.79 Å². The van der Waals surface area contributed by atoms with Gasteiger partial charge in [0.25, 0.3) is 0 Å². The fourth-order valence-corrected chi connectivity index (χ4v) is 5.01. The van der Waals surface area contributed by atoms with Gasteiger partial charge in [0, 0.05) is 17.3 Å². The summed E-state index contributed by atoms with van der Waals surface area (Å²) in [6.45, 7) is 4.01. The lowest BCUT2D eigenvalue weighted by molar-refractivity contribution is -0.115. The van der Waals surface area contributed by atoms with Crippen molar-refractivity contribution < 1.29 is 4.79 Å². The molecule has 0 radical (unpaired) electrons. The summed E-state index contributed by atoms with van der Waals surface area (Å²) in [5.41, 5.74) is 15.4. The molecule has 2 aromatic heterocycles. The van der Waals surface area contributed by atoms with Crippen molar-refractivity contribution in [2.75, 3.05) is 16.8 Å². The average Bonchev–Trinajstić information content (AvgIpc) is 3.15. The highest BCUT2D eigenvalue weighted by Gasteiger charge is 2.20. The van der Waals surface area contributed by atoms with Crippen molar-refractivity contribution in [3.05, 3.63) is 54.1 Å². The molecule has 7 nitrogen and oxygen atoms in total. The quantitative estimate of drug-likeness (QED) is 0.287. The van der Waals surface area contributed by atoms with Crippen LogP contribution in [0.3, 0.4) is 0 Å². The molecule has 0 spiro atoms. The minimum atomic E-state index is -0.367. The summed E-state index contributed by atoms with van der Waals surface area (Å²) >= 11 is 2.91. The van der Waals surface area contributed by atoms with Crippen molar-refractivity contribution in [1.82, 2.24) is 15.0 Å². The highest BCUT2D eigenvalue weighted by atomic mass is 32.2. The Kier molecular flexibility index (Phi) is 6.06. The monoisotopic (exact) mass is 450 g/mol. The van der Waals surface area contributed by atoms with Crippen LogP contribution in [-0.4, -0.2) is 26.1 Å². The molecule has 4 rings (SSSR count). The van der Waals surface area contributed by atoms with Crippen molar-refractivity contribution in [1.29, 1.82) is 0 Å². The molecular weight excluding hydrogens is 428 g/mol. The number of nitrogen functional groups attached to an aromatic ring is 2. The Morgan fingerprint density at radius 1 is 1.06 bits per heavy atom. The fraction of sp³-hybridized carbons (Fsp3) is 0.182. The molecule has 4 aromatic rings. The number of nitrogens with one attached hydrogen (secondary N) is 1. The second-order valence-corrected chi connectivity index (χ2v) is 9.27. The lowest BCUT2D eigenvalue weighted by Crippen LogP contribution is -2.24. The van der Waals surface area contributed by atoms with Gasteiger partial charge in [0.1, 0.15) is 16.6 Å². The molecule has 0 saturated carbocycles. The Morgan fingerprint density at radius 2 is 1.77 bits per heavy atom. The van der Waals surface area contributed by atoms with Gasteiger partial charge in [-0.25, -0.2) is 15.0 Å². The van der Waals surface area contributed by atoms with E-state index in [1.54, 1.807) is 11.3 Å². The molecule has 2 heterocycles. The first-order valence-corrected chi connectivity index (χ1v) is 11.5. The van der Waals surface area contributed by atoms with Crippen LogP contribution in [0.25, 0.3) is 20.8 Å². The zero-order chi connectivity index (χ0) is 22.0. The molecular formula is C22H22N6OS2. The Hall–Kier alpha value is -3.17. The predicted molar refractivity (Wildman–Crippen MR) is 129 cm³/mol. The topological polar surface area (TPSA) is 120 Å². The maximum absolute atomic E-state index is 12.8. The fourth-order valence-electron chi connectivity index (χ4n) is 3.04. The van der Waals surface area contributed by atoms with Crippen molar-refractivity contribution >= 4 is 56.5 Å². The highest BCUT2D eigenvalue weighted by molar-refractivity contribution is 8.00. The van der Waals surface area contributed by atoms with Gasteiger partial charge in [-0.05, 0) is 55.3 Å². The summed E-state index contributed by atoms with van der Waals surface area (Å²) in [5.74, 6) is 0.442. The molecule has 1 amide bonds. The zero-order valence-corrected chi connectivity index (χ0v) is 18.8. The van der Waals surface area contributed by atoms with Gasteiger partial charge in [-0.1, -0.05) is 24.8 Å². The predicted octanol–water partition coefficient (Wildman–Crippen LogP) is 4.74. The SMILES string of the molecule is CC[C@@H](Sc1nc(N)cc(N)n1)C(=O)Nc1ccc(-c2nc3ccc(C)cc3s2)cc1. The van der Waals surface area contributed by atoms with Gasteiger partial charge < -0.3 is 16.8 Å². The second kappa shape index (κ2) is 8.91. The van der Waals surface area contributed by atoms with Gasteiger partial charge in [-0.3, -0.25) is 4.79 Å². The van der Waals surface area contributed by atoms with Crippen LogP contribution in [0.2, 0.25) is 0 Å². The number of nitrogens with zero attached hydrogens (tertiary/aromatic N) is 3. The van der Waals surface area contributed by atoms with E-state index in [0.717, 1.165) is 21.8 Å². The van der Waals surface area contributed by atoms with E-state index in [9.17, 15) is 4.79 Å². The van der Waals surface area contributed by atoms with E-state index in [4.69, 9.17) is 16.5 Å². The molecule has 0 bridgehead atoms. The first kappa shape index (κ1) is 21.1. The molecule has 0 aliphatic carbocycles. The number of nitrogens with two attached hydrogens (primary N) is 2. The van der Waals surface area contributed by atoms with E-state index in [-0.39, 0.29) is 22.8 Å². The normalized spacial score (nSPS) is 12.1. The zero-order valence-electron chi connectivity index (χ0n) is 17.1. The van der Waals surface area contributed by atoms with E-state index in [1.807, 2.05) is 37.3 Å². The van der Waals surface area contributed by atoms with Crippen LogP contribution in [0, 0.1) is 6.92 Å². The number of hydrogen-bond donors (Lipinski definition) is 3. The molecule has 9 heteroatoms. The number of fused-ring (bicyclic) bond motifs is 1. The second-order valence-electron chi connectivity index (χ2n) is 7.07. The first-order valence-electron chi connectivity index (χ1n) is 9.76. The van der Waals surface area contributed by atoms with Crippen LogP contribution < -0.4 is 16.8 Å². The van der Waals surface area contributed by atoms with Crippen LogP contribution in [0.1, 0.15) is 18.9 Å². The van der Waals surface area contributed by atoms with E-state index in [2.05, 4.69) is 34.3 Å². The average molecular weight is 451 g/mol. The summed E-state index contributed by atoms with van der Waals surface area (Å²) in [6.07, 6.45) is 0.609. The molecule has 2 aromatic carbocycles. The van der Waals surface area contributed by atoms with Crippen LogP contribution >= 0.6 is 23.1 Å². The maximum Gasteiger partial charge on any atom is 0.237 e. The number of amides is 1. The summed E-state index contributed by atoms with van der Waals surface area (Å²) in [4.78, 5) is 25.8. The lowest BCUT2D eigenvalue weighted by atomic mass is 10.2. The minimum Gasteiger partial charge on any atom is -0.383 e. The third-order valence-electron chi connectivity index (χ3n) is 4.60. The van der Waals surface area contributed by atoms with E-state index >= 15 is 0 Å². The molecule has 31 heavy (non-hydrogen) atoms. The number of benzene rings is 2. The maximum atomic E-state index is 12.8. The number of carbonyl (C=O) groups is 1. The van der Waals surface area contributed by atoms with Crippen LogP contribution in [0.15, 0.2) is 53.7 Å². The Morgan fingerprint density at radius 3 is 2.45 bits per heavy atom. The Labute approximate surface area is 188 Å². The summed E-state index contributed by atoms with van der Waals surface area (Å²) < 4.78 is 1.17.